The summed E-state index contributed by atoms with van der Waals surface area (Å²) in [4.78, 5) is 26.3. The molecule has 2 atom stereocenters. The van der Waals surface area contributed by atoms with Crippen molar-refractivity contribution in [3.63, 3.8) is 0 Å². The molecule has 1 aromatic heterocycles. The van der Waals surface area contributed by atoms with Crippen LogP contribution in [0, 0.1) is 0 Å². The molecule has 1 aliphatic rings. The predicted octanol–water partition coefficient (Wildman–Crippen LogP) is 6.73. The lowest BCUT2D eigenvalue weighted by Crippen LogP contribution is -2.47. The highest BCUT2D eigenvalue weighted by molar-refractivity contribution is 7.97. The largest absolute Gasteiger partial charge is 0.336 e. The number of carbonyl (C=O) groups is 2. The molecule has 220 valence electrons. The first-order valence-corrected chi connectivity index (χ1v) is 15.2. The highest BCUT2D eigenvalue weighted by Gasteiger charge is 2.20. The molecule has 0 spiro atoms. The number of amides is 1. The fourth-order valence-electron chi connectivity index (χ4n) is 4.11. The van der Waals surface area contributed by atoms with Gasteiger partial charge in [-0.15, -0.1) is 0 Å². The third-order valence-electron chi connectivity index (χ3n) is 6.36. The summed E-state index contributed by atoms with van der Waals surface area (Å²) in [6.45, 7) is 16.5. The van der Waals surface area contributed by atoms with Gasteiger partial charge in [-0.1, -0.05) is 65.1 Å². The Kier molecular flexibility index (Phi) is 14.4. The number of nitrogens with one attached hydrogen (secondary N) is 1. The van der Waals surface area contributed by atoms with Crippen LogP contribution in [0.3, 0.4) is 0 Å². The fourth-order valence-corrected chi connectivity index (χ4v) is 4.79. The number of halogens is 1. The first kappa shape index (κ1) is 33.5. The molecule has 2 unspecified atom stereocenters. The Hall–Kier alpha value is -2.68. The quantitative estimate of drug-likeness (QED) is 0.240. The van der Waals surface area contributed by atoms with Crippen molar-refractivity contribution in [3.05, 3.63) is 65.9 Å². The molecule has 1 aliphatic heterocycles. The van der Waals surface area contributed by atoms with Crippen LogP contribution in [0.15, 0.2) is 54.7 Å². The van der Waals surface area contributed by atoms with E-state index in [9.17, 15) is 9.18 Å². The van der Waals surface area contributed by atoms with Crippen molar-refractivity contribution in [2.45, 2.75) is 65.3 Å². The first-order chi connectivity index (χ1) is 19.1. The summed E-state index contributed by atoms with van der Waals surface area (Å²) in [6, 6.07) is 17.0. The van der Waals surface area contributed by atoms with E-state index < -0.39 is 6.17 Å². The second-order valence-corrected chi connectivity index (χ2v) is 12.1. The minimum atomic E-state index is -1.30. The Morgan fingerprint density at radius 3 is 2.15 bits per heavy atom. The van der Waals surface area contributed by atoms with Crippen LogP contribution in [0.1, 0.15) is 69.8 Å². The maximum Gasteiger partial charge on any atom is 0.253 e. The molecule has 3 aromatic rings. The van der Waals surface area contributed by atoms with Crippen LogP contribution >= 0.6 is 11.9 Å². The molecule has 0 aliphatic carbocycles. The smallest absolute Gasteiger partial charge is 0.253 e. The molecule has 0 saturated carbocycles. The number of aromatic nitrogens is 1. The predicted molar refractivity (Wildman–Crippen MR) is 168 cm³/mol. The van der Waals surface area contributed by atoms with Gasteiger partial charge in [-0.3, -0.25) is 9.52 Å². The van der Waals surface area contributed by atoms with Crippen molar-refractivity contribution in [2.75, 3.05) is 39.8 Å². The van der Waals surface area contributed by atoms with E-state index in [4.69, 9.17) is 4.79 Å². The number of benzene rings is 2. The monoisotopic (exact) mass is 570 g/mol. The van der Waals surface area contributed by atoms with Crippen LogP contribution in [-0.4, -0.2) is 77.8 Å². The summed E-state index contributed by atoms with van der Waals surface area (Å²) < 4.78 is 16.7. The minimum Gasteiger partial charge on any atom is -0.336 e. The second kappa shape index (κ2) is 17.2. The number of nitrogens with zero attached hydrogens (tertiary/aromatic N) is 3. The topological polar surface area (TPSA) is 57.6 Å². The molecule has 0 bridgehead atoms. The van der Waals surface area contributed by atoms with E-state index in [0.717, 1.165) is 54.9 Å². The van der Waals surface area contributed by atoms with E-state index in [0.29, 0.717) is 11.2 Å². The molecular formula is C32H47FN4O2S. The van der Waals surface area contributed by atoms with Crippen molar-refractivity contribution < 1.29 is 14.0 Å². The van der Waals surface area contributed by atoms with Gasteiger partial charge in [-0.05, 0) is 61.9 Å². The summed E-state index contributed by atoms with van der Waals surface area (Å²) in [7, 11) is 2.10. The maximum absolute atomic E-state index is 12.9. The number of rotatable bonds is 8. The Morgan fingerprint density at radius 2 is 1.60 bits per heavy atom. The lowest BCUT2D eigenvalue weighted by molar-refractivity contribution is -0.111. The van der Waals surface area contributed by atoms with Crippen LogP contribution in [0.25, 0.3) is 16.6 Å². The summed E-state index contributed by atoms with van der Waals surface area (Å²) in [5.74, 6) is 0.593. The van der Waals surface area contributed by atoms with Gasteiger partial charge in [0.1, 0.15) is 0 Å². The van der Waals surface area contributed by atoms with Gasteiger partial charge < -0.3 is 19.2 Å². The molecule has 8 heteroatoms. The Labute approximate surface area is 244 Å². The molecule has 40 heavy (non-hydrogen) atoms. The molecular weight excluding hydrogens is 523 g/mol. The van der Waals surface area contributed by atoms with Gasteiger partial charge in [0, 0.05) is 60.8 Å². The molecule has 2 aromatic carbocycles. The van der Waals surface area contributed by atoms with Gasteiger partial charge in [0.05, 0.1) is 5.52 Å². The molecule has 6 nitrogen and oxygen atoms in total. The zero-order valence-corrected chi connectivity index (χ0v) is 26.0. The number of hydrogen-bond donors (Lipinski definition) is 1. The van der Waals surface area contributed by atoms with Crippen LogP contribution in [0.2, 0.25) is 0 Å². The van der Waals surface area contributed by atoms with Crippen molar-refractivity contribution in [3.8, 4) is 5.69 Å². The summed E-state index contributed by atoms with van der Waals surface area (Å²) in [5.41, 5.74) is 4.37. The van der Waals surface area contributed by atoms with Gasteiger partial charge in [0.25, 0.3) is 5.91 Å². The van der Waals surface area contributed by atoms with Crippen molar-refractivity contribution in [2.24, 2.45) is 0 Å². The molecule has 1 saturated heterocycles. The average molecular weight is 571 g/mol. The second-order valence-electron chi connectivity index (χ2n) is 10.6. The summed E-state index contributed by atoms with van der Waals surface area (Å²) in [5, 5.41) is 1.68. The van der Waals surface area contributed by atoms with Crippen molar-refractivity contribution in [1.82, 2.24) is 19.1 Å². The van der Waals surface area contributed by atoms with Crippen molar-refractivity contribution >= 4 is 35.0 Å². The van der Waals surface area contributed by atoms with Gasteiger partial charge >= 0.3 is 0 Å². The average Bonchev–Trinajstić information content (AvgIpc) is 3.37. The molecule has 0 radical (unpaired) electrons. The van der Waals surface area contributed by atoms with Gasteiger partial charge in [0.2, 0.25) is 0 Å². The number of piperazine rings is 1. The third-order valence-corrected chi connectivity index (χ3v) is 7.17. The van der Waals surface area contributed by atoms with E-state index in [2.05, 4.69) is 98.5 Å². The minimum absolute atomic E-state index is 0.135. The Balaban J connectivity index is 0.000000621. The Bertz CT molecular complexity index is 1170. The van der Waals surface area contributed by atoms with E-state index in [1.165, 1.54) is 18.9 Å². The van der Waals surface area contributed by atoms with Crippen LogP contribution in [-0.2, 0) is 4.79 Å². The summed E-state index contributed by atoms with van der Waals surface area (Å²) >= 11 is 1.79. The number of aldehydes is 1. The number of fused-ring (bicyclic) bond motifs is 1. The van der Waals surface area contributed by atoms with E-state index in [1.807, 2.05) is 17.0 Å². The molecule has 2 heterocycles. The molecule has 1 N–H and O–H groups in total. The van der Waals surface area contributed by atoms with E-state index in [1.54, 1.807) is 11.9 Å². The number of carbonyl (C=O) groups excluding carboxylic acids is 2. The lowest BCUT2D eigenvalue weighted by atomic mass is 10.0. The maximum atomic E-state index is 12.9. The molecule has 1 fully saturated rings. The fraction of sp³-hybridized carbons (Fsp3) is 0.500. The van der Waals surface area contributed by atoms with Gasteiger partial charge in [-0.25, -0.2) is 4.39 Å². The van der Waals surface area contributed by atoms with Crippen LogP contribution < -0.4 is 4.72 Å². The van der Waals surface area contributed by atoms with Crippen LogP contribution in [0.5, 0.6) is 0 Å². The zero-order chi connectivity index (χ0) is 29.7. The standard InChI is InChI=1S/C26H34N4OS.C3H5FO.C3H8/c1-19(2)32-27-18-20(3)21-5-8-24(9-6-21)30-12-11-22-17-23(7-10-25(22)30)26(31)29-15-13-28(4)14-16-29;1-3(4)2-5;1-3-2/h5-12,17,19-20,27H,13-16,18H2,1-4H3;2-3H,1H3;3H2,1-2H3. The lowest BCUT2D eigenvalue weighted by Gasteiger charge is -2.32. The number of hydrogen-bond acceptors (Lipinski definition) is 5. The number of likely N-dealkylation sites (N-methyl/N-ethyl adjacent to an activating group) is 1. The SMILES string of the molecule is CC(C)SNCC(C)c1ccc(-n2ccc3cc(C(=O)N4CCN(C)CC4)ccc32)cc1.CC(F)C=O.CCC. The first-order valence-electron chi connectivity index (χ1n) is 14.3. The zero-order valence-electron chi connectivity index (χ0n) is 25.2. The van der Waals surface area contributed by atoms with Gasteiger partial charge in [0.15, 0.2) is 12.5 Å². The molecule has 1 amide bonds. The van der Waals surface area contributed by atoms with Crippen molar-refractivity contribution in [1.29, 1.82) is 0 Å². The highest BCUT2D eigenvalue weighted by atomic mass is 32.2. The van der Waals surface area contributed by atoms with Gasteiger partial charge in [-0.2, -0.15) is 0 Å². The summed E-state index contributed by atoms with van der Waals surface area (Å²) in [6.07, 6.45) is 2.30. The van der Waals surface area contributed by atoms with E-state index in [-0.39, 0.29) is 12.2 Å². The number of alkyl halides is 1. The van der Waals surface area contributed by atoms with Crippen LogP contribution in [0.4, 0.5) is 4.39 Å². The normalized spacial score (nSPS) is 15.1. The highest BCUT2D eigenvalue weighted by Crippen LogP contribution is 2.24. The molecule has 4 rings (SSSR count). The Morgan fingerprint density at radius 1 is 1.00 bits per heavy atom. The third kappa shape index (κ3) is 10.4. The van der Waals surface area contributed by atoms with E-state index >= 15 is 0 Å².